The molecule has 3 nitrogen and oxygen atoms in total. The molecule has 2 aromatic rings. The van der Waals surface area contributed by atoms with Crippen LogP contribution in [0.15, 0.2) is 72.3 Å². The maximum absolute atomic E-state index is 13.1. The van der Waals surface area contributed by atoms with E-state index in [1.165, 1.54) is 12.1 Å². The van der Waals surface area contributed by atoms with Crippen LogP contribution in [0.5, 0.6) is 0 Å². The number of ether oxygens (including phenoxy) is 1. The molecule has 1 amide bonds. The van der Waals surface area contributed by atoms with E-state index < -0.39 is 6.10 Å². The van der Waals surface area contributed by atoms with Crippen LogP contribution < -0.4 is 5.32 Å². The number of hydrogen-bond donors (Lipinski definition) is 1. The van der Waals surface area contributed by atoms with Crippen LogP contribution in [-0.2, 0) is 9.53 Å². The van der Waals surface area contributed by atoms with Gasteiger partial charge >= 0.3 is 0 Å². The first-order valence-electron chi connectivity index (χ1n) is 7.69. The van der Waals surface area contributed by atoms with E-state index in [2.05, 4.69) is 11.9 Å². The molecule has 24 heavy (non-hydrogen) atoms. The highest BCUT2D eigenvalue weighted by molar-refractivity contribution is 6.05. The molecule has 0 saturated heterocycles. The first-order valence-corrected chi connectivity index (χ1v) is 7.69. The van der Waals surface area contributed by atoms with Crippen molar-refractivity contribution in [2.45, 2.75) is 13.0 Å². The van der Waals surface area contributed by atoms with Crippen LogP contribution in [0.4, 0.5) is 10.1 Å². The number of halogens is 1. The number of hydrogen-bond acceptors (Lipinski definition) is 2. The van der Waals surface area contributed by atoms with Crippen molar-refractivity contribution in [3.05, 3.63) is 89.3 Å². The first kappa shape index (κ1) is 16.1. The quantitative estimate of drug-likeness (QED) is 0.909. The van der Waals surface area contributed by atoms with Crippen molar-refractivity contribution >= 4 is 11.6 Å². The summed E-state index contributed by atoms with van der Waals surface area (Å²) in [5.74, 6) is -0.558. The van der Waals surface area contributed by atoms with Crippen LogP contribution in [0.2, 0.25) is 0 Å². The van der Waals surface area contributed by atoms with E-state index in [1.807, 2.05) is 31.2 Å². The monoisotopic (exact) mass is 323 g/mol. The highest BCUT2D eigenvalue weighted by Crippen LogP contribution is 2.35. The lowest BCUT2D eigenvalue weighted by atomic mass is 9.98. The minimum absolute atomic E-state index is 0.234. The molecule has 1 heterocycles. The van der Waals surface area contributed by atoms with Gasteiger partial charge < -0.3 is 10.1 Å². The van der Waals surface area contributed by atoms with Crippen molar-refractivity contribution in [3.63, 3.8) is 0 Å². The Morgan fingerprint density at radius 2 is 2.04 bits per heavy atom. The Morgan fingerprint density at radius 1 is 1.29 bits per heavy atom. The van der Waals surface area contributed by atoms with Crippen LogP contribution in [0.25, 0.3) is 0 Å². The summed E-state index contributed by atoms with van der Waals surface area (Å²) >= 11 is 0. The van der Waals surface area contributed by atoms with Crippen LogP contribution >= 0.6 is 0 Å². The summed E-state index contributed by atoms with van der Waals surface area (Å²) in [5.41, 5.74) is 3.78. The predicted octanol–water partition coefficient (Wildman–Crippen LogP) is 4.33. The Kier molecular flexibility index (Phi) is 4.58. The number of aryl methyl sites for hydroxylation is 1. The highest BCUT2D eigenvalue weighted by atomic mass is 19.1. The fourth-order valence-electron chi connectivity index (χ4n) is 2.76. The molecule has 0 aromatic heterocycles. The molecule has 2 aromatic carbocycles. The highest BCUT2D eigenvalue weighted by Gasteiger charge is 2.31. The lowest BCUT2D eigenvalue weighted by Crippen LogP contribution is -2.19. The van der Waals surface area contributed by atoms with Gasteiger partial charge in [0.05, 0.1) is 12.2 Å². The third-order valence-electron chi connectivity index (χ3n) is 3.95. The van der Waals surface area contributed by atoms with Gasteiger partial charge in [0.15, 0.2) is 0 Å². The second-order valence-corrected chi connectivity index (χ2v) is 5.71. The molecule has 0 bridgehead atoms. The van der Waals surface area contributed by atoms with Gasteiger partial charge in [-0.3, -0.25) is 4.79 Å². The van der Waals surface area contributed by atoms with Crippen molar-refractivity contribution < 1.29 is 13.9 Å². The SMILES string of the molecule is C=CC1=C(C(=O)Nc2cccc(C)c2)C(c2ccc(F)cc2)OC1. The molecule has 1 unspecified atom stereocenters. The average Bonchev–Trinajstić information content (AvgIpc) is 2.99. The summed E-state index contributed by atoms with van der Waals surface area (Å²) in [7, 11) is 0. The zero-order valence-corrected chi connectivity index (χ0v) is 13.4. The molecule has 3 rings (SSSR count). The van der Waals surface area contributed by atoms with E-state index in [-0.39, 0.29) is 11.7 Å². The van der Waals surface area contributed by atoms with Crippen LogP contribution in [0.1, 0.15) is 17.2 Å². The van der Waals surface area contributed by atoms with E-state index in [4.69, 9.17) is 4.74 Å². The number of nitrogens with one attached hydrogen (secondary N) is 1. The zero-order chi connectivity index (χ0) is 17.1. The van der Waals surface area contributed by atoms with Gasteiger partial charge in [-0.05, 0) is 47.9 Å². The minimum atomic E-state index is -0.525. The first-order chi connectivity index (χ1) is 11.6. The van der Waals surface area contributed by atoms with Crippen LogP contribution in [-0.4, -0.2) is 12.5 Å². The standard InChI is InChI=1S/C20H18FNO2/c1-3-14-12-24-19(15-7-9-16(21)10-8-15)18(14)20(23)22-17-6-4-5-13(2)11-17/h3-11,19H,1,12H2,2H3,(H,22,23). The smallest absolute Gasteiger partial charge is 0.254 e. The molecular weight excluding hydrogens is 305 g/mol. The van der Waals surface area contributed by atoms with Gasteiger partial charge in [-0.25, -0.2) is 4.39 Å². The van der Waals surface area contributed by atoms with Crippen molar-refractivity contribution in [2.24, 2.45) is 0 Å². The molecule has 0 radical (unpaired) electrons. The molecule has 122 valence electrons. The fraction of sp³-hybridized carbons (Fsp3) is 0.150. The molecule has 1 aliphatic heterocycles. The third kappa shape index (κ3) is 3.29. The molecule has 1 aliphatic rings. The minimum Gasteiger partial charge on any atom is -0.364 e. The number of rotatable bonds is 4. The average molecular weight is 323 g/mol. The largest absolute Gasteiger partial charge is 0.364 e. The molecule has 4 heteroatoms. The number of carbonyl (C=O) groups excluding carboxylic acids is 1. The van der Waals surface area contributed by atoms with Gasteiger partial charge in [0.25, 0.3) is 5.91 Å². The molecule has 0 spiro atoms. The van der Waals surface area contributed by atoms with Gasteiger partial charge in [-0.2, -0.15) is 0 Å². The molecule has 1 N–H and O–H groups in total. The van der Waals surface area contributed by atoms with E-state index in [1.54, 1.807) is 18.2 Å². The summed E-state index contributed by atoms with van der Waals surface area (Å²) in [6.45, 7) is 6.03. The van der Waals surface area contributed by atoms with E-state index in [0.29, 0.717) is 12.2 Å². The Hall–Kier alpha value is -2.72. The molecule has 1 atom stereocenters. The molecule has 0 fully saturated rings. The van der Waals surface area contributed by atoms with E-state index >= 15 is 0 Å². The van der Waals surface area contributed by atoms with Crippen molar-refractivity contribution in [3.8, 4) is 0 Å². The Bertz CT molecular complexity index is 809. The van der Waals surface area contributed by atoms with Gasteiger partial charge in [0, 0.05) is 5.69 Å². The molecule has 0 saturated carbocycles. The summed E-state index contributed by atoms with van der Waals surface area (Å²) in [6.07, 6.45) is 1.11. The summed E-state index contributed by atoms with van der Waals surface area (Å²) in [5, 5.41) is 2.90. The lowest BCUT2D eigenvalue weighted by Gasteiger charge is -2.15. The predicted molar refractivity (Wildman–Crippen MR) is 92.1 cm³/mol. The fourth-order valence-corrected chi connectivity index (χ4v) is 2.76. The second kappa shape index (κ2) is 6.81. The van der Waals surface area contributed by atoms with Crippen molar-refractivity contribution in [2.75, 3.05) is 11.9 Å². The maximum Gasteiger partial charge on any atom is 0.254 e. The van der Waals surface area contributed by atoms with E-state index in [0.717, 1.165) is 22.4 Å². The van der Waals surface area contributed by atoms with Gasteiger partial charge in [0.1, 0.15) is 11.9 Å². The second-order valence-electron chi connectivity index (χ2n) is 5.71. The van der Waals surface area contributed by atoms with Crippen LogP contribution in [0, 0.1) is 12.7 Å². The van der Waals surface area contributed by atoms with Crippen molar-refractivity contribution in [1.82, 2.24) is 0 Å². The summed E-state index contributed by atoms with van der Waals surface area (Å²) < 4.78 is 18.9. The molecular formula is C20H18FNO2. The molecule has 0 aliphatic carbocycles. The Morgan fingerprint density at radius 3 is 2.71 bits per heavy atom. The number of amides is 1. The summed E-state index contributed by atoms with van der Waals surface area (Å²) in [4.78, 5) is 12.8. The van der Waals surface area contributed by atoms with Gasteiger partial charge in [-0.1, -0.05) is 36.9 Å². The van der Waals surface area contributed by atoms with Gasteiger partial charge in [0.2, 0.25) is 0 Å². The number of anilines is 1. The Labute approximate surface area is 140 Å². The van der Waals surface area contributed by atoms with Crippen molar-refractivity contribution in [1.29, 1.82) is 0 Å². The zero-order valence-electron chi connectivity index (χ0n) is 13.4. The maximum atomic E-state index is 13.1. The topological polar surface area (TPSA) is 38.3 Å². The number of benzene rings is 2. The van der Waals surface area contributed by atoms with E-state index in [9.17, 15) is 9.18 Å². The number of carbonyl (C=O) groups is 1. The third-order valence-corrected chi connectivity index (χ3v) is 3.95. The lowest BCUT2D eigenvalue weighted by molar-refractivity contribution is -0.113. The Balaban J connectivity index is 1.90. The van der Waals surface area contributed by atoms with Crippen LogP contribution in [0.3, 0.4) is 0 Å². The summed E-state index contributed by atoms with van der Waals surface area (Å²) in [6, 6.07) is 13.6. The van der Waals surface area contributed by atoms with Gasteiger partial charge in [-0.15, -0.1) is 0 Å². The normalized spacial score (nSPS) is 17.0.